The second-order valence-electron chi connectivity index (χ2n) is 5.87. The van der Waals surface area contributed by atoms with Gasteiger partial charge in [-0.15, -0.1) is 0 Å². The van der Waals surface area contributed by atoms with Gasteiger partial charge in [0.1, 0.15) is 5.75 Å². The number of carbonyl (C=O) groups excluding carboxylic acids is 1. The third-order valence-electron chi connectivity index (χ3n) is 4.46. The van der Waals surface area contributed by atoms with E-state index in [1.54, 1.807) is 12.1 Å². The Morgan fingerprint density at radius 3 is 2.55 bits per heavy atom. The summed E-state index contributed by atoms with van der Waals surface area (Å²) in [6.07, 6.45) is 4.16. The van der Waals surface area contributed by atoms with Gasteiger partial charge in [-0.2, -0.15) is 0 Å². The highest BCUT2D eigenvalue weighted by Crippen LogP contribution is 2.21. The van der Waals surface area contributed by atoms with Crippen molar-refractivity contribution in [3.05, 3.63) is 29.8 Å². The molecule has 1 aromatic carbocycles. The van der Waals surface area contributed by atoms with Gasteiger partial charge in [-0.3, -0.25) is 9.69 Å². The van der Waals surface area contributed by atoms with Crippen molar-refractivity contribution in [1.29, 1.82) is 0 Å². The van der Waals surface area contributed by atoms with Crippen LogP contribution in [0.4, 0.5) is 0 Å². The van der Waals surface area contributed by atoms with Gasteiger partial charge in [0.2, 0.25) is 5.91 Å². The minimum Gasteiger partial charge on any atom is -0.508 e. The van der Waals surface area contributed by atoms with E-state index in [4.69, 9.17) is 0 Å². The van der Waals surface area contributed by atoms with Crippen LogP contribution < -0.4 is 0 Å². The molecule has 0 bridgehead atoms. The number of benzene rings is 1. The van der Waals surface area contributed by atoms with E-state index in [9.17, 15) is 9.90 Å². The molecule has 3 rings (SSSR count). The Balaban J connectivity index is 1.54. The molecule has 1 N–H and O–H groups in total. The molecule has 1 amide bonds. The molecule has 1 unspecified atom stereocenters. The van der Waals surface area contributed by atoms with Crippen LogP contribution in [0, 0.1) is 0 Å². The van der Waals surface area contributed by atoms with Crippen LogP contribution in [0.1, 0.15) is 24.8 Å². The first-order valence-electron chi connectivity index (χ1n) is 7.52. The zero-order valence-electron chi connectivity index (χ0n) is 11.8. The quantitative estimate of drug-likeness (QED) is 0.911. The van der Waals surface area contributed by atoms with E-state index in [0.29, 0.717) is 12.5 Å². The van der Waals surface area contributed by atoms with Crippen molar-refractivity contribution < 1.29 is 9.90 Å². The monoisotopic (exact) mass is 274 g/mol. The number of phenols is 1. The van der Waals surface area contributed by atoms with E-state index in [2.05, 4.69) is 4.90 Å². The van der Waals surface area contributed by atoms with Gasteiger partial charge in [-0.25, -0.2) is 0 Å². The number of likely N-dealkylation sites (tertiary alicyclic amines) is 2. The van der Waals surface area contributed by atoms with E-state index < -0.39 is 0 Å². The van der Waals surface area contributed by atoms with Crippen molar-refractivity contribution in [1.82, 2.24) is 9.80 Å². The van der Waals surface area contributed by atoms with Crippen LogP contribution in [0.2, 0.25) is 0 Å². The predicted molar refractivity (Wildman–Crippen MR) is 77.6 cm³/mol. The summed E-state index contributed by atoms with van der Waals surface area (Å²) in [5.41, 5.74) is 0.970. The van der Waals surface area contributed by atoms with E-state index in [0.717, 1.165) is 25.1 Å². The van der Waals surface area contributed by atoms with Crippen molar-refractivity contribution in [2.45, 2.75) is 31.7 Å². The van der Waals surface area contributed by atoms with Crippen LogP contribution in [-0.2, 0) is 11.2 Å². The fraction of sp³-hybridized carbons (Fsp3) is 0.562. The summed E-state index contributed by atoms with van der Waals surface area (Å²) >= 11 is 0. The lowest BCUT2D eigenvalue weighted by Crippen LogP contribution is -2.37. The molecule has 2 aliphatic rings. The summed E-state index contributed by atoms with van der Waals surface area (Å²) < 4.78 is 0. The number of amides is 1. The largest absolute Gasteiger partial charge is 0.508 e. The molecule has 1 atom stereocenters. The normalized spacial score (nSPS) is 23.4. The molecule has 0 aliphatic carbocycles. The SMILES string of the molecule is O=C(Cc1ccc(O)cc1)N1CCC(N2CCCC2)C1. The fourth-order valence-corrected chi connectivity index (χ4v) is 3.27. The average Bonchev–Trinajstić information content (AvgIpc) is 3.11. The molecule has 0 spiro atoms. The molecule has 2 heterocycles. The summed E-state index contributed by atoms with van der Waals surface area (Å²) in [6, 6.07) is 7.49. The minimum absolute atomic E-state index is 0.206. The lowest BCUT2D eigenvalue weighted by Gasteiger charge is -2.23. The highest BCUT2D eigenvalue weighted by molar-refractivity contribution is 5.79. The van der Waals surface area contributed by atoms with E-state index in [1.807, 2.05) is 17.0 Å². The summed E-state index contributed by atoms with van der Waals surface area (Å²) in [4.78, 5) is 16.8. The summed E-state index contributed by atoms with van der Waals surface area (Å²) in [6.45, 7) is 4.17. The van der Waals surface area contributed by atoms with Crippen molar-refractivity contribution in [3.63, 3.8) is 0 Å². The first-order valence-corrected chi connectivity index (χ1v) is 7.52. The number of carbonyl (C=O) groups is 1. The maximum Gasteiger partial charge on any atom is 0.227 e. The molecule has 0 radical (unpaired) electrons. The van der Waals surface area contributed by atoms with E-state index in [1.165, 1.54) is 25.9 Å². The highest BCUT2D eigenvalue weighted by atomic mass is 16.3. The maximum atomic E-state index is 12.3. The van der Waals surface area contributed by atoms with Crippen LogP contribution in [-0.4, -0.2) is 53.0 Å². The Morgan fingerprint density at radius 1 is 1.15 bits per heavy atom. The predicted octanol–water partition coefficient (Wildman–Crippen LogP) is 1.63. The van der Waals surface area contributed by atoms with Gasteiger partial charge in [-0.1, -0.05) is 12.1 Å². The second-order valence-corrected chi connectivity index (χ2v) is 5.87. The van der Waals surface area contributed by atoms with Gasteiger partial charge in [0.05, 0.1) is 6.42 Å². The first kappa shape index (κ1) is 13.4. The van der Waals surface area contributed by atoms with E-state index in [-0.39, 0.29) is 11.7 Å². The standard InChI is InChI=1S/C16H22N2O2/c19-15-5-3-13(4-6-15)11-16(20)18-10-7-14(12-18)17-8-1-2-9-17/h3-6,14,19H,1-2,7-12H2. The lowest BCUT2D eigenvalue weighted by molar-refractivity contribution is -0.129. The topological polar surface area (TPSA) is 43.8 Å². The number of phenolic OH excluding ortho intramolecular Hbond substituents is 1. The number of rotatable bonds is 3. The highest BCUT2D eigenvalue weighted by Gasteiger charge is 2.31. The molecule has 2 saturated heterocycles. The van der Waals surface area contributed by atoms with Gasteiger partial charge in [0, 0.05) is 19.1 Å². The van der Waals surface area contributed by atoms with Crippen LogP contribution in [0.5, 0.6) is 5.75 Å². The van der Waals surface area contributed by atoms with Crippen LogP contribution >= 0.6 is 0 Å². The molecular weight excluding hydrogens is 252 g/mol. The van der Waals surface area contributed by atoms with Crippen LogP contribution in [0.3, 0.4) is 0 Å². The zero-order chi connectivity index (χ0) is 13.9. The summed E-state index contributed by atoms with van der Waals surface area (Å²) in [5, 5.41) is 9.26. The molecule has 0 saturated carbocycles. The van der Waals surface area contributed by atoms with Gasteiger partial charge >= 0.3 is 0 Å². The molecule has 4 nitrogen and oxygen atoms in total. The Hall–Kier alpha value is -1.55. The zero-order valence-corrected chi connectivity index (χ0v) is 11.8. The molecule has 0 aromatic heterocycles. The van der Waals surface area contributed by atoms with Gasteiger partial charge in [0.25, 0.3) is 0 Å². The second kappa shape index (κ2) is 5.83. The average molecular weight is 274 g/mol. The molecule has 1 aromatic rings. The molecule has 4 heteroatoms. The Morgan fingerprint density at radius 2 is 1.85 bits per heavy atom. The molecular formula is C16H22N2O2. The third kappa shape index (κ3) is 2.96. The molecule has 2 aliphatic heterocycles. The number of nitrogens with zero attached hydrogens (tertiary/aromatic N) is 2. The Bertz CT molecular complexity index is 466. The van der Waals surface area contributed by atoms with Crippen LogP contribution in [0.25, 0.3) is 0 Å². The van der Waals surface area contributed by atoms with Crippen molar-refractivity contribution in [2.24, 2.45) is 0 Å². The lowest BCUT2D eigenvalue weighted by atomic mass is 10.1. The Kier molecular flexibility index (Phi) is 3.92. The maximum absolute atomic E-state index is 12.3. The minimum atomic E-state index is 0.206. The number of hydrogen-bond acceptors (Lipinski definition) is 3. The summed E-state index contributed by atoms with van der Waals surface area (Å²) in [5.74, 6) is 0.453. The van der Waals surface area contributed by atoms with Crippen molar-refractivity contribution in [2.75, 3.05) is 26.2 Å². The number of aromatic hydroxyl groups is 1. The molecule has 108 valence electrons. The number of hydrogen-bond donors (Lipinski definition) is 1. The van der Waals surface area contributed by atoms with Crippen LogP contribution in [0.15, 0.2) is 24.3 Å². The van der Waals surface area contributed by atoms with Gasteiger partial charge in [0.15, 0.2) is 0 Å². The first-order chi connectivity index (χ1) is 9.72. The molecule has 2 fully saturated rings. The fourth-order valence-electron chi connectivity index (χ4n) is 3.27. The van der Waals surface area contributed by atoms with Gasteiger partial charge < -0.3 is 10.0 Å². The van der Waals surface area contributed by atoms with Gasteiger partial charge in [-0.05, 0) is 50.0 Å². The van der Waals surface area contributed by atoms with E-state index >= 15 is 0 Å². The van der Waals surface area contributed by atoms with Crippen molar-refractivity contribution >= 4 is 5.91 Å². The molecule has 20 heavy (non-hydrogen) atoms. The van der Waals surface area contributed by atoms with Crippen molar-refractivity contribution in [3.8, 4) is 5.75 Å². The smallest absolute Gasteiger partial charge is 0.227 e. The Labute approximate surface area is 120 Å². The summed E-state index contributed by atoms with van der Waals surface area (Å²) in [7, 11) is 0. The third-order valence-corrected chi connectivity index (χ3v) is 4.46.